The van der Waals surface area contributed by atoms with Crippen LogP contribution in [-0.2, 0) is 20.3 Å². The van der Waals surface area contributed by atoms with Gasteiger partial charge < -0.3 is 9.47 Å². The topological polar surface area (TPSA) is 35.5 Å². The predicted molar refractivity (Wildman–Crippen MR) is 62.6 cm³/mol. The maximum absolute atomic E-state index is 12.9. The minimum Gasteiger partial charge on any atom is -0.353 e. The van der Waals surface area contributed by atoms with Gasteiger partial charge in [0.2, 0.25) is 0 Å². The molecule has 0 N–H and O–H groups in total. The zero-order valence-corrected chi connectivity index (χ0v) is 10.2. The van der Waals surface area contributed by atoms with Crippen molar-refractivity contribution in [3.05, 3.63) is 30.1 Å². The molecule has 0 spiro atoms. The summed E-state index contributed by atoms with van der Waals surface area (Å²) in [5.74, 6) is 0.0646. The minimum absolute atomic E-state index is 0.263. The second kappa shape index (κ2) is 6.23. The van der Waals surface area contributed by atoms with Crippen LogP contribution in [0.3, 0.4) is 0 Å². The molecule has 94 valence electrons. The smallest absolute Gasteiger partial charge is 0.158 e. The number of hydrogen-bond donors (Lipinski definition) is 0. The summed E-state index contributed by atoms with van der Waals surface area (Å²) >= 11 is 0. The molecule has 0 aromatic heterocycles. The molecule has 1 aromatic carbocycles. The van der Waals surface area contributed by atoms with Crippen molar-refractivity contribution in [2.75, 3.05) is 19.0 Å². The van der Waals surface area contributed by atoms with Crippen LogP contribution in [0.4, 0.5) is 4.39 Å². The fourth-order valence-electron chi connectivity index (χ4n) is 1.63. The number of ether oxygens (including phenoxy) is 2. The van der Waals surface area contributed by atoms with Crippen molar-refractivity contribution in [2.24, 2.45) is 0 Å². The number of hydrogen-bond acceptors (Lipinski definition) is 3. The summed E-state index contributed by atoms with van der Waals surface area (Å²) in [5.41, 5.74) is 0. The van der Waals surface area contributed by atoms with E-state index in [4.69, 9.17) is 9.47 Å². The van der Waals surface area contributed by atoms with E-state index in [9.17, 15) is 8.60 Å². The zero-order chi connectivity index (χ0) is 12.1. The Balaban J connectivity index is 1.84. The molecule has 1 unspecified atom stereocenters. The van der Waals surface area contributed by atoms with Gasteiger partial charge in [0.1, 0.15) is 5.82 Å². The van der Waals surface area contributed by atoms with Gasteiger partial charge in [0, 0.05) is 17.1 Å². The van der Waals surface area contributed by atoms with Gasteiger partial charge in [-0.1, -0.05) is 6.07 Å². The van der Waals surface area contributed by atoms with E-state index in [-0.39, 0.29) is 12.1 Å². The third-order valence-corrected chi connectivity index (χ3v) is 3.88. The molecule has 1 aromatic rings. The molecule has 17 heavy (non-hydrogen) atoms. The van der Waals surface area contributed by atoms with Crippen LogP contribution in [0.25, 0.3) is 0 Å². The molecule has 5 heteroatoms. The van der Waals surface area contributed by atoms with E-state index in [1.54, 1.807) is 12.1 Å². The van der Waals surface area contributed by atoms with E-state index in [1.807, 2.05) is 0 Å². The van der Waals surface area contributed by atoms with E-state index < -0.39 is 10.8 Å². The van der Waals surface area contributed by atoms with Crippen LogP contribution < -0.4 is 0 Å². The van der Waals surface area contributed by atoms with Crippen molar-refractivity contribution in [1.29, 1.82) is 0 Å². The molecule has 1 aliphatic rings. The predicted octanol–water partition coefficient (Wildman–Crippen LogP) is 2.09. The Kier molecular flexibility index (Phi) is 4.65. The second-order valence-electron chi connectivity index (χ2n) is 3.82. The van der Waals surface area contributed by atoms with Crippen LogP contribution >= 0.6 is 0 Å². The highest BCUT2D eigenvalue weighted by Crippen LogP contribution is 2.13. The number of halogens is 1. The summed E-state index contributed by atoms with van der Waals surface area (Å²) in [6, 6.07) is 5.88. The average molecular weight is 258 g/mol. The summed E-state index contributed by atoms with van der Waals surface area (Å²) in [4.78, 5) is 0.515. The van der Waals surface area contributed by atoms with Crippen LogP contribution in [0.15, 0.2) is 29.2 Å². The van der Waals surface area contributed by atoms with E-state index in [1.165, 1.54) is 12.1 Å². The zero-order valence-electron chi connectivity index (χ0n) is 9.43. The maximum atomic E-state index is 12.9. The van der Waals surface area contributed by atoms with Gasteiger partial charge in [0.25, 0.3) is 0 Å². The van der Waals surface area contributed by atoms with Crippen LogP contribution in [0.5, 0.6) is 0 Å². The van der Waals surface area contributed by atoms with Gasteiger partial charge in [-0.05, 0) is 24.6 Å². The van der Waals surface area contributed by atoms with Crippen molar-refractivity contribution >= 4 is 10.8 Å². The molecule has 1 fully saturated rings. The molecule has 1 heterocycles. The highest BCUT2D eigenvalue weighted by atomic mass is 32.2. The van der Waals surface area contributed by atoms with E-state index >= 15 is 0 Å². The van der Waals surface area contributed by atoms with Gasteiger partial charge in [-0.25, -0.2) is 4.39 Å². The summed E-state index contributed by atoms with van der Waals surface area (Å²) in [6.45, 7) is 1.38. The van der Waals surface area contributed by atoms with Crippen molar-refractivity contribution in [2.45, 2.75) is 24.0 Å². The standard InChI is InChI=1S/C12H15FO3S/c13-10-3-1-4-11(9-10)17(14)8-5-12-15-6-2-7-16-12/h1,3-4,9,12H,2,5-8H2. The average Bonchev–Trinajstić information content (AvgIpc) is 2.37. The highest BCUT2D eigenvalue weighted by molar-refractivity contribution is 7.85. The number of rotatable bonds is 4. The lowest BCUT2D eigenvalue weighted by Crippen LogP contribution is -2.26. The third kappa shape index (κ3) is 3.87. The normalized spacial score (nSPS) is 19.1. The van der Waals surface area contributed by atoms with Crippen molar-refractivity contribution in [3.63, 3.8) is 0 Å². The largest absolute Gasteiger partial charge is 0.353 e. The van der Waals surface area contributed by atoms with Gasteiger partial charge in [-0.2, -0.15) is 0 Å². The lowest BCUT2D eigenvalue weighted by atomic mass is 10.3. The molecule has 1 atom stereocenters. The van der Waals surface area contributed by atoms with E-state index in [0.29, 0.717) is 30.3 Å². The SMILES string of the molecule is O=S(CCC1OCCCO1)c1cccc(F)c1. The molecule has 0 aliphatic carbocycles. The summed E-state index contributed by atoms with van der Waals surface area (Å²) in [7, 11) is -1.20. The van der Waals surface area contributed by atoms with Crippen LogP contribution in [0.2, 0.25) is 0 Å². The Morgan fingerprint density at radius 1 is 1.35 bits per heavy atom. The van der Waals surface area contributed by atoms with Gasteiger partial charge in [0.05, 0.1) is 24.0 Å². The third-order valence-electron chi connectivity index (χ3n) is 2.49. The highest BCUT2D eigenvalue weighted by Gasteiger charge is 2.15. The Labute approximate surface area is 102 Å². The van der Waals surface area contributed by atoms with Crippen molar-refractivity contribution in [3.8, 4) is 0 Å². The summed E-state index contributed by atoms with van der Waals surface area (Å²) in [6.07, 6.45) is 1.22. The van der Waals surface area contributed by atoms with Gasteiger partial charge in [-0.3, -0.25) is 4.21 Å². The molecule has 3 nitrogen and oxygen atoms in total. The second-order valence-corrected chi connectivity index (χ2v) is 5.39. The minimum atomic E-state index is -1.20. The Morgan fingerprint density at radius 2 is 2.12 bits per heavy atom. The lowest BCUT2D eigenvalue weighted by molar-refractivity contribution is -0.178. The molecule has 0 amide bonds. The van der Waals surface area contributed by atoms with Crippen molar-refractivity contribution in [1.82, 2.24) is 0 Å². The molecular formula is C12H15FO3S. The molecule has 1 aliphatic heterocycles. The summed E-state index contributed by atoms with van der Waals surface area (Å²) in [5, 5.41) is 0. The molecule has 0 radical (unpaired) electrons. The first-order valence-corrected chi connectivity index (χ1v) is 6.95. The van der Waals surface area contributed by atoms with E-state index in [0.717, 1.165) is 6.42 Å². The van der Waals surface area contributed by atoms with Gasteiger partial charge in [0.15, 0.2) is 6.29 Å². The fourth-order valence-corrected chi connectivity index (χ4v) is 2.75. The lowest BCUT2D eigenvalue weighted by Gasteiger charge is -2.22. The maximum Gasteiger partial charge on any atom is 0.158 e. The first-order valence-electron chi connectivity index (χ1n) is 5.63. The first-order chi connectivity index (χ1) is 8.25. The molecule has 1 saturated heterocycles. The Morgan fingerprint density at radius 3 is 2.82 bits per heavy atom. The monoisotopic (exact) mass is 258 g/mol. The van der Waals surface area contributed by atoms with E-state index in [2.05, 4.69) is 0 Å². The molecule has 2 rings (SSSR count). The van der Waals surface area contributed by atoms with Gasteiger partial charge in [-0.15, -0.1) is 0 Å². The van der Waals surface area contributed by atoms with Crippen LogP contribution in [0, 0.1) is 5.82 Å². The quantitative estimate of drug-likeness (QED) is 0.829. The summed E-state index contributed by atoms with van der Waals surface area (Å²) < 4.78 is 35.5. The fraction of sp³-hybridized carbons (Fsp3) is 0.500. The Bertz CT molecular complexity index is 391. The van der Waals surface area contributed by atoms with Crippen LogP contribution in [0.1, 0.15) is 12.8 Å². The first kappa shape index (κ1) is 12.7. The Hall–Kier alpha value is -0.780. The van der Waals surface area contributed by atoms with Crippen LogP contribution in [-0.4, -0.2) is 29.5 Å². The van der Waals surface area contributed by atoms with Crippen molar-refractivity contribution < 1.29 is 18.1 Å². The van der Waals surface area contributed by atoms with Gasteiger partial charge >= 0.3 is 0 Å². The molecule has 0 bridgehead atoms. The molecule has 0 saturated carbocycles. The molecular weight excluding hydrogens is 243 g/mol. The number of benzene rings is 1.